The molecule has 0 bridgehead atoms. The second kappa shape index (κ2) is 5.41. The van der Waals surface area contributed by atoms with E-state index in [1.165, 1.54) is 12.1 Å². The highest BCUT2D eigenvalue weighted by Gasteiger charge is 2.06. The van der Waals surface area contributed by atoms with Gasteiger partial charge in [0.05, 0.1) is 0 Å². The highest BCUT2D eigenvalue weighted by atomic mass is 35.5. The summed E-state index contributed by atoms with van der Waals surface area (Å²) in [4.78, 5) is 11.7. The number of nitrogens with one attached hydrogen (secondary N) is 1. The number of aromatic nitrogens is 2. The molecule has 1 aromatic carbocycles. The first kappa shape index (κ1) is 11.5. The van der Waals surface area contributed by atoms with Crippen LogP contribution >= 0.6 is 11.6 Å². The van der Waals surface area contributed by atoms with E-state index >= 15 is 0 Å². The minimum Gasteiger partial charge on any atom is -0.347 e. The fraction of sp³-hybridized carbons (Fsp3) is 0.0833. The number of hydrogen-bond acceptors (Lipinski definition) is 3. The summed E-state index contributed by atoms with van der Waals surface area (Å²) in [6.45, 7) is 0.462. The number of halogens is 1. The van der Waals surface area contributed by atoms with Gasteiger partial charge in [-0.1, -0.05) is 41.9 Å². The number of rotatable bonds is 3. The quantitative estimate of drug-likeness (QED) is 0.903. The molecule has 0 atom stereocenters. The zero-order valence-corrected chi connectivity index (χ0v) is 9.69. The van der Waals surface area contributed by atoms with Crippen molar-refractivity contribution in [3.63, 3.8) is 0 Å². The largest absolute Gasteiger partial charge is 0.347 e. The van der Waals surface area contributed by atoms with Gasteiger partial charge >= 0.3 is 0 Å². The molecule has 0 radical (unpaired) electrons. The lowest BCUT2D eigenvalue weighted by atomic mass is 10.2. The Morgan fingerprint density at radius 3 is 2.53 bits per heavy atom. The van der Waals surface area contributed by atoms with E-state index in [1.807, 2.05) is 30.3 Å². The van der Waals surface area contributed by atoms with Gasteiger partial charge in [0.25, 0.3) is 5.91 Å². The predicted molar refractivity (Wildman–Crippen MR) is 64.7 cm³/mol. The van der Waals surface area contributed by atoms with Gasteiger partial charge < -0.3 is 5.32 Å². The maximum absolute atomic E-state index is 11.7. The van der Waals surface area contributed by atoms with Crippen molar-refractivity contribution < 1.29 is 4.79 Å². The average molecular weight is 248 g/mol. The molecule has 0 spiro atoms. The maximum Gasteiger partial charge on any atom is 0.272 e. The van der Waals surface area contributed by atoms with Gasteiger partial charge in [0.2, 0.25) is 0 Å². The zero-order valence-electron chi connectivity index (χ0n) is 8.93. The van der Waals surface area contributed by atoms with Crippen LogP contribution in [0.1, 0.15) is 16.1 Å². The molecule has 17 heavy (non-hydrogen) atoms. The van der Waals surface area contributed by atoms with Crippen LogP contribution in [-0.2, 0) is 6.54 Å². The Hall–Kier alpha value is -1.94. The maximum atomic E-state index is 11.7. The minimum atomic E-state index is -0.266. The normalized spacial score (nSPS) is 9.94. The molecule has 1 aromatic heterocycles. The van der Waals surface area contributed by atoms with Crippen molar-refractivity contribution in [3.8, 4) is 0 Å². The fourth-order valence-corrected chi connectivity index (χ4v) is 1.41. The molecule has 0 unspecified atom stereocenters. The van der Waals surface area contributed by atoms with E-state index in [1.54, 1.807) is 0 Å². The van der Waals surface area contributed by atoms with Crippen molar-refractivity contribution in [2.75, 3.05) is 0 Å². The Bertz CT molecular complexity index is 499. The molecule has 0 saturated carbocycles. The standard InChI is InChI=1S/C12H10ClN3O/c13-11-7-6-10(15-16-11)12(17)14-8-9-4-2-1-3-5-9/h1-7H,8H2,(H,14,17). The van der Waals surface area contributed by atoms with Crippen LogP contribution in [0, 0.1) is 0 Å². The van der Waals surface area contributed by atoms with E-state index in [4.69, 9.17) is 11.6 Å². The summed E-state index contributed by atoms with van der Waals surface area (Å²) in [6, 6.07) is 12.7. The lowest BCUT2D eigenvalue weighted by Crippen LogP contribution is -2.24. The molecule has 4 nitrogen and oxygen atoms in total. The summed E-state index contributed by atoms with van der Waals surface area (Å²) >= 11 is 5.58. The summed E-state index contributed by atoms with van der Waals surface area (Å²) in [6.07, 6.45) is 0. The van der Waals surface area contributed by atoms with Crippen LogP contribution in [0.25, 0.3) is 0 Å². The number of hydrogen-bond donors (Lipinski definition) is 1. The van der Waals surface area contributed by atoms with E-state index in [0.717, 1.165) is 5.56 Å². The number of carbonyl (C=O) groups is 1. The van der Waals surface area contributed by atoms with Crippen molar-refractivity contribution in [3.05, 3.63) is 58.9 Å². The average Bonchev–Trinajstić information content (AvgIpc) is 2.38. The Kier molecular flexibility index (Phi) is 3.67. The topological polar surface area (TPSA) is 54.9 Å². The van der Waals surface area contributed by atoms with Gasteiger partial charge in [-0.3, -0.25) is 4.79 Å². The van der Waals surface area contributed by atoms with Crippen LogP contribution in [0.3, 0.4) is 0 Å². The summed E-state index contributed by atoms with van der Waals surface area (Å²) in [5.41, 5.74) is 1.29. The number of benzene rings is 1. The molecule has 0 aliphatic carbocycles. The molecule has 1 N–H and O–H groups in total. The minimum absolute atomic E-state index is 0.255. The molecule has 0 fully saturated rings. The third kappa shape index (κ3) is 3.26. The van der Waals surface area contributed by atoms with Crippen molar-refractivity contribution in [2.45, 2.75) is 6.54 Å². The molecular formula is C12H10ClN3O. The monoisotopic (exact) mass is 247 g/mol. The molecule has 2 aromatic rings. The number of carbonyl (C=O) groups excluding carboxylic acids is 1. The molecule has 0 saturated heterocycles. The Morgan fingerprint density at radius 2 is 1.88 bits per heavy atom. The highest BCUT2D eigenvalue weighted by molar-refractivity contribution is 6.29. The zero-order chi connectivity index (χ0) is 12.1. The van der Waals surface area contributed by atoms with Crippen LogP contribution in [0.15, 0.2) is 42.5 Å². The third-order valence-corrected chi connectivity index (χ3v) is 2.36. The van der Waals surface area contributed by atoms with E-state index in [-0.39, 0.29) is 16.8 Å². The summed E-state index contributed by atoms with van der Waals surface area (Å²) in [5, 5.41) is 10.3. The molecule has 0 aliphatic heterocycles. The molecule has 5 heteroatoms. The van der Waals surface area contributed by atoms with Gasteiger partial charge in [-0.25, -0.2) is 0 Å². The first-order chi connectivity index (χ1) is 8.25. The molecular weight excluding hydrogens is 238 g/mol. The number of nitrogens with zero attached hydrogens (tertiary/aromatic N) is 2. The van der Waals surface area contributed by atoms with Gasteiger partial charge in [0.15, 0.2) is 10.8 Å². The van der Waals surface area contributed by atoms with E-state index < -0.39 is 0 Å². The smallest absolute Gasteiger partial charge is 0.272 e. The van der Waals surface area contributed by atoms with Gasteiger partial charge in [-0.2, -0.15) is 0 Å². The summed E-state index contributed by atoms with van der Waals surface area (Å²) < 4.78 is 0. The summed E-state index contributed by atoms with van der Waals surface area (Å²) in [7, 11) is 0. The predicted octanol–water partition coefficient (Wildman–Crippen LogP) is 2.06. The van der Waals surface area contributed by atoms with Crippen molar-refractivity contribution in [1.29, 1.82) is 0 Å². The first-order valence-electron chi connectivity index (χ1n) is 5.07. The molecule has 1 amide bonds. The second-order valence-electron chi connectivity index (χ2n) is 3.41. The van der Waals surface area contributed by atoms with Crippen LogP contribution in [-0.4, -0.2) is 16.1 Å². The SMILES string of the molecule is O=C(NCc1ccccc1)c1ccc(Cl)nn1. The van der Waals surface area contributed by atoms with Crippen LogP contribution in [0.4, 0.5) is 0 Å². The van der Waals surface area contributed by atoms with Gasteiger partial charge in [-0.15, -0.1) is 10.2 Å². The van der Waals surface area contributed by atoms with Gasteiger partial charge in [-0.05, 0) is 17.7 Å². The van der Waals surface area contributed by atoms with E-state index in [0.29, 0.717) is 6.54 Å². The molecule has 2 rings (SSSR count). The first-order valence-corrected chi connectivity index (χ1v) is 5.45. The Morgan fingerprint density at radius 1 is 1.12 bits per heavy atom. The van der Waals surface area contributed by atoms with Crippen LogP contribution in [0.5, 0.6) is 0 Å². The lowest BCUT2D eigenvalue weighted by Gasteiger charge is -2.03. The fourth-order valence-electron chi connectivity index (χ4n) is 1.31. The van der Waals surface area contributed by atoms with Crippen LogP contribution in [0.2, 0.25) is 5.15 Å². The molecule has 1 heterocycles. The third-order valence-electron chi connectivity index (χ3n) is 2.16. The Labute approximate surface area is 104 Å². The second-order valence-corrected chi connectivity index (χ2v) is 3.80. The van der Waals surface area contributed by atoms with Crippen molar-refractivity contribution >= 4 is 17.5 Å². The lowest BCUT2D eigenvalue weighted by molar-refractivity contribution is 0.0945. The number of amides is 1. The highest BCUT2D eigenvalue weighted by Crippen LogP contribution is 2.03. The molecule has 86 valence electrons. The van der Waals surface area contributed by atoms with E-state index in [9.17, 15) is 4.79 Å². The molecule has 0 aliphatic rings. The van der Waals surface area contributed by atoms with Crippen molar-refractivity contribution in [2.24, 2.45) is 0 Å². The summed E-state index contributed by atoms with van der Waals surface area (Å²) in [5.74, 6) is -0.266. The van der Waals surface area contributed by atoms with Gasteiger partial charge in [0, 0.05) is 6.54 Å². The Balaban J connectivity index is 1.96. The van der Waals surface area contributed by atoms with Crippen molar-refractivity contribution in [1.82, 2.24) is 15.5 Å². The van der Waals surface area contributed by atoms with Gasteiger partial charge in [0.1, 0.15) is 0 Å². The van der Waals surface area contributed by atoms with E-state index in [2.05, 4.69) is 15.5 Å². The van der Waals surface area contributed by atoms with Crippen LogP contribution < -0.4 is 5.32 Å².